The number of ether oxygens (including phenoxy) is 2. The first-order chi connectivity index (χ1) is 9.67. The van der Waals surface area contributed by atoms with E-state index in [0.29, 0.717) is 12.5 Å². The summed E-state index contributed by atoms with van der Waals surface area (Å²) in [7, 11) is 0. The summed E-state index contributed by atoms with van der Waals surface area (Å²) in [6.07, 6.45) is 1.38. The van der Waals surface area contributed by atoms with Gasteiger partial charge in [-0.25, -0.2) is 0 Å². The van der Waals surface area contributed by atoms with Crippen LogP contribution >= 0.6 is 15.9 Å². The van der Waals surface area contributed by atoms with Crippen molar-refractivity contribution in [1.82, 2.24) is 5.32 Å². The highest BCUT2D eigenvalue weighted by molar-refractivity contribution is 9.10. The summed E-state index contributed by atoms with van der Waals surface area (Å²) in [5, 5.41) is 3.62. The summed E-state index contributed by atoms with van der Waals surface area (Å²) in [5.41, 5.74) is 1.23. The zero-order valence-electron chi connectivity index (χ0n) is 12.5. The maximum absolute atomic E-state index is 5.81. The molecule has 1 heterocycles. The van der Waals surface area contributed by atoms with Crippen LogP contribution in [0.4, 0.5) is 0 Å². The molecule has 0 saturated carbocycles. The molecule has 0 aromatic heterocycles. The van der Waals surface area contributed by atoms with Gasteiger partial charge in [-0.3, -0.25) is 0 Å². The third kappa shape index (κ3) is 3.54. The van der Waals surface area contributed by atoms with Crippen LogP contribution in [0.5, 0.6) is 5.75 Å². The first kappa shape index (κ1) is 15.8. The molecule has 0 radical (unpaired) electrons. The lowest BCUT2D eigenvalue weighted by molar-refractivity contribution is 0.0952. The highest BCUT2D eigenvalue weighted by Crippen LogP contribution is 2.38. The minimum Gasteiger partial charge on any atom is -0.494 e. The first-order valence-corrected chi connectivity index (χ1v) is 8.23. The minimum absolute atomic E-state index is 0.275. The number of hydrogen-bond acceptors (Lipinski definition) is 3. The lowest BCUT2D eigenvalue weighted by atomic mass is 9.87. The second-order valence-corrected chi connectivity index (χ2v) is 6.09. The molecule has 1 aromatic carbocycles. The van der Waals surface area contributed by atoms with Crippen molar-refractivity contribution in [3.8, 4) is 5.75 Å². The van der Waals surface area contributed by atoms with E-state index in [1.54, 1.807) is 0 Å². The highest BCUT2D eigenvalue weighted by atomic mass is 79.9. The maximum Gasteiger partial charge on any atom is 0.124 e. The Morgan fingerprint density at radius 2 is 2.25 bits per heavy atom. The monoisotopic (exact) mass is 341 g/mol. The van der Waals surface area contributed by atoms with Crippen molar-refractivity contribution < 1.29 is 9.47 Å². The van der Waals surface area contributed by atoms with Gasteiger partial charge in [-0.2, -0.15) is 0 Å². The normalized spacial score (nSPS) is 23.8. The standard InChI is InChI=1S/C16H24BrNO2/c1-4-18-16(13-8-9-20-11(13)3)14-10-12(17)6-7-15(14)19-5-2/h6-7,10-11,13,16,18H,4-5,8-9H2,1-3H3. The molecular formula is C16H24BrNO2. The zero-order chi connectivity index (χ0) is 14.5. The van der Waals surface area contributed by atoms with Gasteiger partial charge in [0.25, 0.3) is 0 Å². The van der Waals surface area contributed by atoms with Gasteiger partial charge < -0.3 is 14.8 Å². The molecule has 0 aliphatic carbocycles. The summed E-state index contributed by atoms with van der Waals surface area (Å²) in [6, 6.07) is 6.53. The third-order valence-corrected chi connectivity index (χ3v) is 4.39. The predicted octanol–water partition coefficient (Wildman–Crippen LogP) is 3.92. The van der Waals surface area contributed by atoms with Crippen LogP contribution in [-0.2, 0) is 4.74 Å². The lowest BCUT2D eigenvalue weighted by Crippen LogP contribution is -2.32. The van der Waals surface area contributed by atoms with Gasteiger partial charge in [0.1, 0.15) is 5.75 Å². The Morgan fingerprint density at radius 3 is 2.85 bits per heavy atom. The van der Waals surface area contributed by atoms with Gasteiger partial charge in [0, 0.05) is 28.6 Å². The van der Waals surface area contributed by atoms with Gasteiger partial charge in [0.2, 0.25) is 0 Å². The smallest absolute Gasteiger partial charge is 0.124 e. The molecule has 1 aliphatic rings. The Bertz CT molecular complexity index is 438. The van der Waals surface area contributed by atoms with Gasteiger partial charge in [-0.1, -0.05) is 22.9 Å². The molecule has 4 heteroatoms. The molecule has 1 fully saturated rings. The van der Waals surface area contributed by atoms with Crippen LogP contribution in [0, 0.1) is 5.92 Å². The predicted molar refractivity (Wildman–Crippen MR) is 85.2 cm³/mol. The first-order valence-electron chi connectivity index (χ1n) is 7.44. The molecular weight excluding hydrogens is 318 g/mol. The van der Waals surface area contributed by atoms with E-state index in [1.165, 1.54) is 5.56 Å². The quantitative estimate of drug-likeness (QED) is 0.850. The second-order valence-electron chi connectivity index (χ2n) is 5.18. The molecule has 0 amide bonds. The maximum atomic E-state index is 5.81. The van der Waals surface area contributed by atoms with E-state index in [1.807, 2.05) is 19.1 Å². The lowest BCUT2D eigenvalue weighted by Gasteiger charge is -2.28. The van der Waals surface area contributed by atoms with Gasteiger partial charge >= 0.3 is 0 Å². The molecule has 1 N–H and O–H groups in total. The fourth-order valence-corrected chi connectivity index (χ4v) is 3.33. The Balaban J connectivity index is 2.34. The molecule has 1 saturated heterocycles. The van der Waals surface area contributed by atoms with Crippen molar-refractivity contribution in [2.75, 3.05) is 19.8 Å². The molecule has 3 nitrogen and oxygen atoms in total. The largest absolute Gasteiger partial charge is 0.494 e. The molecule has 0 spiro atoms. The van der Waals surface area contributed by atoms with Crippen molar-refractivity contribution in [1.29, 1.82) is 0 Å². The Kier molecular flexibility index (Phi) is 5.87. The van der Waals surface area contributed by atoms with Crippen LogP contribution in [0.3, 0.4) is 0 Å². The van der Waals surface area contributed by atoms with Gasteiger partial charge in [-0.15, -0.1) is 0 Å². The van der Waals surface area contributed by atoms with Crippen LogP contribution in [0.25, 0.3) is 0 Å². The highest BCUT2D eigenvalue weighted by Gasteiger charge is 2.33. The fourth-order valence-electron chi connectivity index (χ4n) is 2.95. The van der Waals surface area contributed by atoms with E-state index in [2.05, 4.69) is 41.2 Å². The summed E-state index contributed by atoms with van der Waals surface area (Å²) >= 11 is 3.58. The summed E-state index contributed by atoms with van der Waals surface area (Å²) < 4.78 is 12.7. The fraction of sp³-hybridized carbons (Fsp3) is 0.625. The van der Waals surface area contributed by atoms with Crippen molar-refractivity contribution >= 4 is 15.9 Å². The Morgan fingerprint density at radius 1 is 1.45 bits per heavy atom. The molecule has 112 valence electrons. The van der Waals surface area contributed by atoms with E-state index >= 15 is 0 Å². The average molecular weight is 342 g/mol. The average Bonchev–Trinajstić information content (AvgIpc) is 2.85. The zero-order valence-corrected chi connectivity index (χ0v) is 14.1. The minimum atomic E-state index is 0.275. The van der Waals surface area contributed by atoms with Gasteiger partial charge in [-0.05, 0) is 45.0 Å². The van der Waals surface area contributed by atoms with Crippen LogP contribution in [0.1, 0.15) is 38.8 Å². The Labute approximate surface area is 130 Å². The van der Waals surface area contributed by atoms with Crippen molar-refractivity contribution in [2.45, 2.75) is 39.3 Å². The van der Waals surface area contributed by atoms with Crippen molar-refractivity contribution in [3.05, 3.63) is 28.2 Å². The van der Waals surface area contributed by atoms with Gasteiger partial charge in [0.15, 0.2) is 0 Å². The van der Waals surface area contributed by atoms with E-state index in [-0.39, 0.29) is 12.1 Å². The van der Waals surface area contributed by atoms with E-state index in [0.717, 1.165) is 29.8 Å². The number of benzene rings is 1. The topological polar surface area (TPSA) is 30.5 Å². The van der Waals surface area contributed by atoms with Crippen LogP contribution < -0.4 is 10.1 Å². The van der Waals surface area contributed by atoms with Crippen LogP contribution in [-0.4, -0.2) is 25.9 Å². The van der Waals surface area contributed by atoms with Gasteiger partial charge in [0.05, 0.1) is 12.7 Å². The van der Waals surface area contributed by atoms with Crippen LogP contribution in [0.15, 0.2) is 22.7 Å². The molecule has 0 bridgehead atoms. The van der Waals surface area contributed by atoms with Crippen LogP contribution in [0.2, 0.25) is 0 Å². The number of hydrogen-bond donors (Lipinski definition) is 1. The van der Waals surface area contributed by atoms with E-state index in [4.69, 9.17) is 9.47 Å². The molecule has 3 unspecified atom stereocenters. The Hall–Kier alpha value is -0.580. The molecule has 20 heavy (non-hydrogen) atoms. The van der Waals surface area contributed by atoms with E-state index < -0.39 is 0 Å². The second kappa shape index (κ2) is 7.43. The molecule has 1 aliphatic heterocycles. The number of halogens is 1. The van der Waals surface area contributed by atoms with Crippen molar-refractivity contribution in [3.63, 3.8) is 0 Å². The summed E-state index contributed by atoms with van der Waals surface area (Å²) in [4.78, 5) is 0. The van der Waals surface area contributed by atoms with E-state index in [9.17, 15) is 0 Å². The molecule has 1 aromatic rings. The summed E-state index contributed by atoms with van der Waals surface area (Å²) in [6.45, 7) is 8.81. The number of nitrogens with one attached hydrogen (secondary N) is 1. The molecule has 3 atom stereocenters. The van der Waals surface area contributed by atoms with Crippen molar-refractivity contribution in [2.24, 2.45) is 5.92 Å². The molecule has 2 rings (SSSR count). The third-order valence-electron chi connectivity index (χ3n) is 3.89. The SMILES string of the molecule is CCNC(c1cc(Br)ccc1OCC)C1CCOC1C. The summed E-state index contributed by atoms with van der Waals surface area (Å²) in [5.74, 6) is 1.46. The number of rotatable bonds is 6.